The Labute approximate surface area is 145 Å². The molecule has 25 heavy (non-hydrogen) atoms. The molecule has 1 saturated carbocycles. The number of primary amides is 1. The van der Waals surface area contributed by atoms with E-state index in [1.165, 1.54) is 12.1 Å². The fourth-order valence-corrected chi connectivity index (χ4v) is 3.02. The topological polar surface area (TPSA) is 90.0 Å². The molecule has 132 valence electrons. The summed E-state index contributed by atoms with van der Waals surface area (Å²) < 4.78 is 14.7. The number of aryl methyl sites for hydroxylation is 1. The van der Waals surface area contributed by atoms with Crippen LogP contribution in [0.25, 0.3) is 0 Å². The summed E-state index contributed by atoms with van der Waals surface area (Å²) in [5.74, 6) is -1.29. The maximum atomic E-state index is 13.0. The monoisotopic (exact) mass is 344 g/mol. The quantitative estimate of drug-likeness (QED) is 0.789. The van der Waals surface area contributed by atoms with Crippen molar-refractivity contribution in [1.82, 2.24) is 15.1 Å². The van der Waals surface area contributed by atoms with Crippen LogP contribution in [0.3, 0.4) is 0 Å². The van der Waals surface area contributed by atoms with E-state index in [1.807, 2.05) is 13.2 Å². The third-order valence-electron chi connectivity index (χ3n) is 4.60. The number of hydrogen-bond donors (Lipinski definition) is 2. The number of carbonyl (C=O) groups is 2. The highest BCUT2D eigenvalue weighted by atomic mass is 19.1. The highest BCUT2D eigenvalue weighted by Crippen LogP contribution is 2.47. The van der Waals surface area contributed by atoms with E-state index in [0.717, 1.165) is 17.5 Å². The summed E-state index contributed by atoms with van der Waals surface area (Å²) in [7, 11) is 1.84. The minimum absolute atomic E-state index is 0.0702. The third kappa shape index (κ3) is 4.23. The molecule has 1 aromatic carbocycles. The van der Waals surface area contributed by atoms with Gasteiger partial charge in [0.05, 0.1) is 12.1 Å². The smallest absolute Gasteiger partial charge is 0.223 e. The molecule has 2 aromatic rings. The van der Waals surface area contributed by atoms with Gasteiger partial charge in [0.1, 0.15) is 5.82 Å². The highest BCUT2D eigenvalue weighted by Gasteiger charge is 2.44. The van der Waals surface area contributed by atoms with Crippen LogP contribution in [0.15, 0.2) is 36.7 Å². The Kier molecular flexibility index (Phi) is 4.83. The fraction of sp³-hybridized carbons (Fsp3) is 0.389. The van der Waals surface area contributed by atoms with E-state index in [0.29, 0.717) is 6.42 Å². The van der Waals surface area contributed by atoms with Crippen molar-refractivity contribution in [3.05, 3.63) is 53.6 Å². The van der Waals surface area contributed by atoms with Crippen LogP contribution in [-0.4, -0.2) is 28.1 Å². The Balaban J connectivity index is 1.52. The van der Waals surface area contributed by atoms with Gasteiger partial charge in [0.25, 0.3) is 0 Å². The molecule has 1 fully saturated rings. The van der Waals surface area contributed by atoms with Crippen molar-refractivity contribution in [1.29, 1.82) is 0 Å². The average Bonchev–Trinajstić information content (AvgIpc) is 3.27. The summed E-state index contributed by atoms with van der Waals surface area (Å²) >= 11 is 0. The predicted molar refractivity (Wildman–Crippen MR) is 89.9 cm³/mol. The van der Waals surface area contributed by atoms with E-state index in [-0.39, 0.29) is 30.1 Å². The number of hydrogen-bond acceptors (Lipinski definition) is 3. The molecule has 3 atom stereocenters. The second-order valence-electron chi connectivity index (χ2n) is 6.57. The van der Waals surface area contributed by atoms with Crippen LogP contribution in [0.1, 0.15) is 23.5 Å². The molecule has 3 rings (SSSR count). The molecule has 0 spiro atoms. The molecule has 3 N–H and O–H groups in total. The van der Waals surface area contributed by atoms with Gasteiger partial charge in [-0.1, -0.05) is 12.1 Å². The highest BCUT2D eigenvalue weighted by molar-refractivity contribution is 5.84. The van der Waals surface area contributed by atoms with Gasteiger partial charge >= 0.3 is 0 Å². The molecule has 6 nitrogen and oxygen atoms in total. The van der Waals surface area contributed by atoms with Gasteiger partial charge in [0.15, 0.2) is 0 Å². The SMILES string of the molecule is Cn1cc(C2CC2C(=O)NCC(Cc2ccc(F)cc2)C(N)=O)cn1. The van der Waals surface area contributed by atoms with Crippen molar-refractivity contribution in [2.75, 3.05) is 6.54 Å². The third-order valence-corrected chi connectivity index (χ3v) is 4.60. The lowest BCUT2D eigenvalue weighted by Crippen LogP contribution is -2.38. The number of amides is 2. The van der Waals surface area contributed by atoms with E-state index < -0.39 is 11.8 Å². The molecule has 3 unspecified atom stereocenters. The number of nitrogens with one attached hydrogen (secondary N) is 1. The Bertz CT molecular complexity index is 772. The van der Waals surface area contributed by atoms with Gasteiger partial charge in [0, 0.05) is 25.7 Å². The number of halogens is 1. The summed E-state index contributed by atoms with van der Waals surface area (Å²) in [5.41, 5.74) is 7.30. The lowest BCUT2D eigenvalue weighted by Gasteiger charge is -2.14. The number of nitrogens with zero attached hydrogens (tertiary/aromatic N) is 2. The van der Waals surface area contributed by atoms with Gasteiger partial charge in [-0.2, -0.15) is 5.10 Å². The first-order valence-electron chi connectivity index (χ1n) is 8.24. The van der Waals surface area contributed by atoms with E-state index >= 15 is 0 Å². The van der Waals surface area contributed by atoms with Crippen LogP contribution >= 0.6 is 0 Å². The molecular weight excluding hydrogens is 323 g/mol. The maximum absolute atomic E-state index is 13.0. The molecule has 0 saturated heterocycles. The second kappa shape index (κ2) is 7.04. The van der Waals surface area contributed by atoms with Crippen LogP contribution in [0.4, 0.5) is 4.39 Å². The normalized spacial score (nSPS) is 20.1. The Morgan fingerprint density at radius 2 is 2.12 bits per heavy atom. The Morgan fingerprint density at radius 3 is 2.72 bits per heavy atom. The molecule has 0 aliphatic heterocycles. The molecule has 7 heteroatoms. The molecule has 0 radical (unpaired) electrons. The van der Waals surface area contributed by atoms with Crippen molar-refractivity contribution >= 4 is 11.8 Å². The average molecular weight is 344 g/mol. The molecule has 0 bridgehead atoms. The van der Waals surface area contributed by atoms with Crippen molar-refractivity contribution in [2.45, 2.75) is 18.8 Å². The van der Waals surface area contributed by atoms with Gasteiger partial charge in [-0.25, -0.2) is 4.39 Å². The first-order chi connectivity index (χ1) is 11.9. The van der Waals surface area contributed by atoms with Crippen molar-refractivity contribution < 1.29 is 14.0 Å². The summed E-state index contributed by atoms with van der Waals surface area (Å²) in [6, 6.07) is 5.92. The van der Waals surface area contributed by atoms with Crippen LogP contribution in [0.2, 0.25) is 0 Å². The molecule has 1 aromatic heterocycles. The maximum Gasteiger partial charge on any atom is 0.223 e. The van der Waals surface area contributed by atoms with Gasteiger partial charge in [-0.05, 0) is 42.0 Å². The first-order valence-corrected chi connectivity index (χ1v) is 8.24. The Morgan fingerprint density at radius 1 is 1.40 bits per heavy atom. The summed E-state index contributed by atoms with van der Waals surface area (Å²) in [5, 5.41) is 6.94. The van der Waals surface area contributed by atoms with Crippen LogP contribution < -0.4 is 11.1 Å². The predicted octanol–water partition coefficient (Wildman–Crippen LogP) is 1.12. The number of nitrogens with two attached hydrogens (primary N) is 1. The van der Waals surface area contributed by atoms with Gasteiger partial charge < -0.3 is 11.1 Å². The number of aromatic nitrogens is 2. The number of rotatable bonds is 7. The Hall–Kier alpha value is -2.70. The summed E-state index contributed by atoms with van der Waals surface area (Å²) in [6.45, 7) is 0.182. The largest absolute Gasteiger partial charge is 0.369 e. The minimum Gasteiger partial charge on any atom is -0.369 e. The van der Waals surface area contributed by atoms with E-state index in [9.17, 15) is 14.0 Å². The first kappa shape index (κ1) is 17.1. The van der Waals surface area contributed by atoms with Crippen molar-refractivity contribution in [3.8, 4) is 0 Å². The molecule has 2 amide bonds. The molecule has 1 aliphatic rings. The number of benzene rings is 1. The van der Waals surface area contributed by atoms with E-state index in [1.54, 1.807) is 23.0 Å². The number of carbonyl (C=O) groups excluding carboxylic acids is 2. The standard InChI is InChI=1S/C18H21FN4O2/c1-23-10-13(9-22-23)15-7-16(15)18(25)21-8-12(17(20)24)6-11-2-4-14(19)5-3-11/h2-5,9-10,12,15-16H,6-8H2,1H3,(H2,20,24)(H,21,25). The molecule has 1 aliphatic carbocycles. The van der Waals surface area contributed by atoms with Gasteiger partial charge in [-0.15, -0.1) is 0 Å². The van der Waals surface area contributed by atoms with Gasteiger partial charge in [0.2, 0.25) is 11.8 Å². The van der Waals surface area contributed by atoms with E-state index in [2.05, 4.69) is 10.4 Å². The van der Waals surface area contributed by atoms with Crippen LogP contribution in [0, 0.1) is 17.7 Å². The zero-order valence-electron chi connectivity index (χ0n) is 14.0. The zero-order valence-corrected chi connectivity index (χ0v) is 14.0. The van der Waals surface area contributed by atoms with Gasteiger partial charge in [-0.3, -0.25) is 14.3 Å². The summed E-state index contributed by atoms with van der Waals surface area (Å²) in [6.07, 6.45) is 4.85. The minimum atomic E-state index is -0.523. The van der Waals surface area contributed by atoms with Crippen LogP contribution in [-0.2, 0) is 23.1 Å². The zero-order chi connectivity index (χ0) is 18.0. The summed E-state index contributed by atoms with van der Waals surface area (Å²) in [4.78, 5) is 23.9. The fourth-order valence-electron chi connectivity index (χ4n) is 3.02. The second-order valence-corrected chi connectivity index (χ2v) is 6.57. The lowest BCUT2D eigenvalue weighted by atomic mass is 9.98. The van der Waals surface area contributed by atoms with Crippen LogP contribution in [0.5, 0.6) is 0 Å². The van der Waals surface area contributed by atoms with Crippen molar-refractivity contribution in [2.24, 2.45) is 24.6 Å². The van der Waals surface area contributed by atoms with E-state index in [4.69, 9.17) is 5.73 Å². The molecule has 1 heterocycles. The molecular formula is C18H21FN4O2. The van der Waals surface area contributed by atoms with Crippen molar-refractivity contribution in [3.63, 3.8) is 0 Å². The lowest BCUT2D eigenvalue weighted by molar-refractivity contribution is -0.124.